The molecule has 28 heavy (non-hydrogen) atoms. The van der Waals surface area contributed by atoms with Crippen LogP contribution >= 0.6 is 0 Å². The van der Waals surface area contributed by atoms with E-state index in [2.05, 4.69) is 10.6 Å². The van der Waals surface area contributed by atoms with Gasteiger partial charge in [0, 0.05) is 38.2 Å². The van der Waals surface area contributed by atoms with Crippen LogP contribution in [-0.4, -0.2) is 56.3 Å². The topological polar surface area (TPSA) is 79.9 Å². The smallest absolute Gasteiger partial charge is 0.317 e. The molecule has 2 aliphatic rings. The molecule has 0 aromatic heterocycles. The van der Waals surface area contributed by atoms with Crippen LogP contribution in [0.25, 0.3) is 0 Å². The van der Waals surface area contributed by atoms with Crippen molar-refractivity contribution >= 4 is 11.9 Å². The molecule has 0 radical (unpaired) electrons. The van der Waals surface area contributed by atoms with Crippen LogP contribution in [0, 0.1) is 5.41 Å². The predicted molar refractivity (Wildman–Crippen MR) is 106 cm³/mol. The number of hydrogen-bond donors (Lipinski definition) is 2. The summed E-state index contributed by atoms with van der Waals surface area (Å²) in [6.07, 6.45) is 3.53. The molecule has 2 saturated heterocycles. The van der Waals surface area contributed by atoms with E-state index in [0.717, 1.165) is 30.8 Å². The van der Waals surface area contributed by atoms with Gasteiger partial charge in [-0.2, -0.15) is 0 Å². The maximum absolute atomic E-state index is 12.7. The van der Waals surface area contributed by atoms with Gasteiger partial charge in [0.1, 0.15) is 5.75 Å². The SMILES string of the molecule is COc1ccc(CNC(=O)C2(C)CCN(C(=O)NC[C@H]3CCCO3)CC2)cc1. The molecule has 0 unspecified atom stereocenters. The quantitative estimate of drug-likeness (QED) is 0.782. The first-order valence-electron chi connectivity index (χ1n) is 10.1. The Balaban J connectivity index is 1.42. The van der Waals surface area contributed by atoms with E-state index in [9.17, 15) is 9.59 Å². The minimum absolute atomic E-state index is 0.0442. The molecule has 1 aromatic carbocycles. The number of carbonyl (C=O) groups is 2. The van der Waals surface area contributed by atoms with Gasteiger partial charge in [-0.15, -0.1) is 0 Å². The average molecular weight is 389 g/mol. The van der Waals surface area contributed by atoms with Crippen LogP contribution in [0.1, 0.15) is 38.2 Å². The van der Waals surface area contributed by atoms with E-state index < -0.39 is 5.41 Å². The molecule has 0 spiro atoms. The van der Waals surface area contributed by atoms with Crippen molar-refractivity contribution in [3.8, 4) is 5.75 Å². The molecule has 0 bridgehead atoms. The zero-order valence-electron chi connectivity index (χ0n) is 16.8. The predicted octanol–water partition coefficient (Wildman–Crippen LogP) is 2.30. The number of piperidine rings is 1. The van der Waals surface area contributed by atoms with Gasteiger partial charge in [-0.1, -0.05) is 19.1 Å². The van der Waals surface area contributed by atoms with Crippen molar-refractivity contribution in [1.29, 1.82) is 0 Å². The molecule has 1 aromatic rings. The molecule has 7 nitrogen and oxygen atoms in total. The molecule has 0 aliphatic carbocycles. The molecule has 1 atom stereocenters. The third-order valence-corrected chi connectivity index (χ3v) is 5.82. The Kier molecular flexibility index (Phi) is 6.78. The number of hydrogen-bond acceptors (Lipinski definition) is 4. The van der Waals surface area contributed by atoms with Gasteiger partial charge in [0.15, 0.2) is 0 Å². The van der Waals surface area contributed by atoms with E-state index in [1.165, 1.54) is 0 Å². The molecule has 7 heteroatoms. The summed E-state index contributed by atoms with van der Waals surface area (Å²) in [7, 11) is 1.63. The largest absolute Gasteiger partial charge is 0.497 e. The third-order valence-electron chi connectivity index (χ3n) is 5.82. The van der Waals surface area contributed by atoms with Crippen molar-refractivity contribution in [2.75, 3.05) is 33.4 Å². The Hall–Kier alpha value is -2.28. The lowest BCUT2D eigenvalue weighted by molar-refractivity contribution is -0.132. The molecular weight excluding hydrogens is 358 g/mol. The summed E-state index contributed by atoms with van der Waals surface area (Å²) >= 11 is 0. The maximum Gasteiger partial charge on any atom is 0.317 e. The second-order valence-corrected chi connectivity index (χ2v) is 7.90. The molecule has 2 heterocycles. The third kappa shape index (κ3) is 5.16. The number of likely N-dealkylation sites (tertiary alicyclic amines) is 1. The van der Waals surface area contributed by atoms with Crippen LogP contribution in [0.3, 0.4) is 0 Å². The monoisotopic (exact) mass is 389 g/mol. The van der Waals surface area contributed by atoms with Gasteiger partial charge in [0.2, 0.25) is 5.91 Å². The highest BCUT2D eigenvalue weighted by atomic mass is 16.5. The van der Waals surface area contributed by atoms with Crippen molar-refractivity contribution in [3.05, 3.63) is 29.8 Å². The summed E-state index contributed by atoms with van der Waals surface area (Å²) < 4.78 is 10.7. The van der Waals surface area contributed by atoms with Crippen LogP contribution in [0.5, 0.6) is 5.75 Å². The van der Waals surface area contributed by atoms with E-state index in [1.807, 2.05) is 31.2 Å². The lowest BCUT2D eigenvalue weighted by atomic mass is 9.79. The fourth-order valence-electron chi connectivity index (χ4n) is 3.69. The molecule has 3 amide bonds. The number of ether oxygens (including phenoxy) is 2. The molecule has 154 valence electrons. The normalized spacial score (nSPS) is 21.2. The number of nitrogens with zero attached hydrogens (tertiary/aromatic N) is 1. The molecule has 2 aliphatic heterocycles. The van der Waals surface area contributed by atoms with Crippen LogP contribution < -0.4 is 15.4 Å². The van der Waals surface area contributed by atoms with Crippen molar-refractivity contribution < 1.29 is 19.1 Å². The summed E-state index contributed by atoms with van der Waals surface area (Å²) in [5.74, 6) is 0.843. The summed E-state index contributed by atoms with van der Waals surface area (Å²) in [4.78, 5) is 26.9. The Bertz CT molecular complexity index is 663. The van der Waals surface area contributed by atoms with Crippen molar-refractivity contribution in [1.82, 2.24) is 15.5 Å². The van der Waals surface area contributed by atoms with E-state index in [4.69, 9.17) is 9.47 Å². The van der Waals surface area contributed by atoms with Gasteiger partial charge >= 0.3 is 6.03 Å². The highest BCUT2D eigenvalue weighted by Gasteiger charge is 2.38. The van der Waals surface area contributed by atoms with E-state index in [-0.39, 0.29) is 18.0 Å². The minimum atomic E-state index is -0.447. The van der Waals surface area contributed by atoms with Crippen LogP contribution in [0.15, 0.2) is 24.3 Å². The number of carbonyl (C=O) groups excluding carboxylic acids is 2. The van der Waals surface area contributed by atoms with E-state index >= 15 is 0 Å². The van der Waals surface area contributed by atoms with E-state index in [0.29, 0.717) is 39.0 Å². The van der Waals surface area contributed by atoms with Gasteiger partial charge < -0.3 is 25.0 Å². The number of amides is 3. The van der Waals surface area contributed by atoms with Gasteiger partial charge in [-0.05, 0) is 43.4 Å². The summed E-state index contributed by atoms with van der Waals surface area (Å²) in [6.45, 7) is 5.00. The summed E-state index contributed by atoms with van der Waals surface area (Å²) in [5, 5.41) is 6.00. The molecule has 3 rings (SSSR count). The Labute approximate surface area is 166 Å². The van der Waals surface area contributed by atoms with Gasteiger partial charge in [-0.25, -0.2) is 4.79 Å². The lowest BCUT2D eigenvalue weighted by Crippen LogP contribution is -2.51. The number of methoxy groups -OCH3 is 1. The molecular formula is C21H31N3O4. The van der Waals surface area contributed by atoms with Gasteiger partial charge in [-0.3, -0.25) is 4.79 Å². The first-order chi connectivity index (χ1) is 13.5. The second kappa shape index (κ2) is 9.28. The zero-order valence-corrected chi connectivity index (χ0v) is 16.8. The number of rotatable bonds is 6. The minimum Gasteiger partial charge on any atom is -0.497 e. The van der Waals surface area contributed by atoms with Gasteiger partial charge in [0.25, 0.3) is 0 Å². The number of benzene rings is 1. The highest BCUT2D eigenvalue weighted by molar-refractivity contribution is 5.83. The summed E-state index contributed by atoms with van der Waals surface area (Å²) in [5.41, 5.74) is 0.585. The number of nitrogens with one attached hydrogen (secondary N) is 2. The van der Waals surface area contributed by atoms with Gasteiger partial charge in [0.05, 0.1) is 13.2 Å². The zero-order chi connectivity index (χ0) is 20.0. The fraction of sp³-hybridized carbons (Fsp3) is 0.619. The van der Waals surface area contributed by atoms with E-state index in [1.54, 1.807) is 12.0 Å². The van der Waals surface area contributed by atoms with Crippen LogP contribution in [0.4, 0.5) is 4.79 Å². The first kappa shape index (κ1) is 20.5. The second-order valence-electron chi connectivity index (χ2n) is 7.90. The molecule has 0 saturated carbocycles. The maximum atomic E-state index is 12.7. The van der Waals surface area contributed by atoms with Crippen LogP contribution in [0.2, 0.25) is 0 Å². The van der Waals surface area contributed by atoms with Crippen molar-refractivity contribution in [2.24, 2.45) is 5.41 Å². The first-order valence-corrected chi connectivity index (χ1v) is 10.1. The Morgan fingerprint density at radius 1 is 1.21 bits per heavy atom. The van der Waals surface area contributed by atoms with Crippen molar-refractivity contribution in [3.63, 3.8) is 0 Å². The summed E-state index contributed by atoms with van der Waals surface area (Å²) in [6, 6.07) is 7.61. The Morgan fingerprint density at radius 3 is 2.54 bits per heavy atom. The fourth-order valence-corrected chi connectivity index (χ4v) is 3.69. The average Bonchev–Trinajstić information content (AvgIpc) is 3.25. The highest BCUT2D eigenvalue weighted by Crippen LogP contribution is 2.31. The lowest BCUT2D eigenvalue weighted by Gasteiger charge is -2.38. The number of urea groups is 1. The van der Waals surface area contributed by atoms with Crippen LogP contribution in [-0.2, 0) is 16.1 Å². The van der Waals surface area contributed by atoms with Crippen molar-refractivity contribution in [2.45, 2.75) is 45.3 Å². The standard InChI is InChI=1S/C21H31N3O4/c1-21(19(25)22-14-16-5-7-17(27-2)8-6-16)9-11-24(12-10-21)20(26)23-15-18-4-3-13-28-18/h5-8,18H,3-4,9-15H2,1-2H3,(H,22,25)(H,23,26)/t18-/m1/s1. The molecule has 2 fully saturated rings. The molecule has 2 N–H and O–H groups in total. The Morgan fingerprint density at radius 2 is 1.93 bits per heavy atom.